The predicted molar refractivity (Wildman–Crippen MR) is 86.4 cm³/mol. The lowest BCUT2D eigenvalue weighted by atomic mass is 10.0. The molecule has 1 aliphatic rings. The number of alkyl halides is 3. The Labute approximate surface area is 136 Å². The van der Waals surface area contributed by atoms with E-state index >= 15 is 0 Å². The molecule has 0 aliphatic heterocycles. The van der Waals surface area contributed by atoms with E-state index in [0.29, 0.717) is 12.0 Å². The molecule has 0 radical (unpaired) electrons. The van der Waals surface area contributed by atoms with Gasteiger partial charge < -0.3 is 5.73 Å². The summed E-state index contributed by atoms with van der Waals surface area (Å²) in [4.78, 5) is 8.75. The number of pyridine rings is 2. The van der Waals surface area contributed by atoms with Crippen LogP contribution in [0.5, 0.6) is 0 Å². The second-order valence-corrected chi connectivity index (χ2v) is 5.92. The second-order valence-electron chi connectivity index (χ2n) is 5.92. The van der Waals surface area contributed by atoms with Gasteiger partial charge in [-0.15, -0.1) is 0 Å². The molecule has 2 heterocycles. The Bertz CT molecular complexity index is 934. The van der Waals surface area contributed by atoms with Gasteiger partial charge in [0.25, 0.3) is 0 Å². The highest BCUT2D eigenvalue weighted by atomic mass is 19.4. The third-order valence-corrected chi connectivity index (χ3v) is 4.40. The molecular weight excluding hydrogens is 315 g/mol. The lowest BCUT2D eigenvalue weighted by Crippen LogP contribution is -2.11. The number of benzene rings is 1. The molecule has 0 bridgehead atoms. The standard InChI is InChI=1S/C18H14F3N3/c19-18(20,21)12-9-14(10-5-2-1-3-6-10)24-17-15(12)16(22)11-7-4-8-13(11)23-17/h1-3,5-6,9H,4,7-8H2,(H2,22,23,24). The molecule has 3 nitrogen and oxygen atoms in total. The van der Waals surface area contributed by atoms with E-state index in [0.717, 1.165) is 30.2 Å². The largest absolute Gasteiger partial charge is 0.417 e. The van der Waals surface area contributed by atoms with Gasteiger partial charge in [-0.2, -0.15) is 13.2 Å². The molecule has 122 valence electrons. The van der Waals surface area contributed by atoms with E-state index in [-0.39, 0.29) is 22.4 Å². The molecule has 0 spiro atoms. The molecule has 0 fully saturated rings. The number of rotatable bonds is 1. The Balaban J connectivity index is 2.08. The summed E-state index contributed by atoms with van der Waals surface area (Å²) in [6.07, 6.45) is -2.26. The fourth-order valence-electron chi connectivity index (χ4n) is 3.28. The molecule has 4 rings (SSSR count). The number of nitrogens with zero attached hydrogens (tertiary/aromatic N) is 2. The van der Waals surface area contributed by atoms with Gasteiger partial charge in [0, 0.05) is 16.9 Å². The SMILES string of the molecule is Nc1c2c(nc3nc(-c4ccccc4)cc(C(F)(F)F)c13)CCC2. The first-order chi connectivity index (χ1) is 11.4. The van der Waals surface area contributed by atoms with E-state index < -0.39 is 11.7 Å². The van der Waals surface area contributed by atoms with Gasteiger partial charge in [-0.1, -0.05) is 30.3 Å². The van der Waals surface area contributed by atoms with Crippen LogP contribution in [-0.2, 0) is 19.0 Å². The first-order valence-corrected chi connectivity index (χ1v) is 7.70. The van der Waals surface area contributed by atoms with Crippen molar-refractivity contribution >= 4 is 16.7 Å². The minimum Gasteiger partial charge on any atom is -0.398 e. The highest BCUT2D eigenvalue weighted by Gasteiger charge is 2.36. The lowest BCUT2D eigenvalue weighted by Gasteiger charge is -2.16. The minimum absolute atomic E-state index is 0.0711. The zero-order valence-electron chi connectivity index (χ0n) is 12.7. The summed E-state index contributed by atoms with van der Waals surface area (Å²) in [5.41, 5.74) is 7.92. The Morgan fingerprint density at radius 3 is 2.46 bits per heavy atom. The molecule has 0 amide bonds. The Hall–Kier alpha value is -2.63. The predicted octanol–water partition coefficient (Wildman–Crippen LogP) is 4.39. The van der Waals surface area contributed by atoms with Crippen LogP contribution in [0.1, 0.15) is 23.2 Å². The van der Waals surface area contributed by atoms with Gasteiger partial charge in [0.2, 0.25) is 0 Å². The molecule has 0 atom stereocenters. The van der Waals surface area contributed by atoms with E-state index in [9.17, 15) is 13.2 Å². The number of halogens is 3. The van der Waals surface area contributed by atoms with Crippen LogP contribution in [0.2, 0.25) is 0 Å². The van der Waals surface area contributed by atoms with Gasteiger partial charge in [-0.25, -0.2) is 9.97 Å². The molecule has 1 aliphatic carbocycles. The molecule has 0 unspecified atom stereocenters. The summed E-state index contributed by atoms with van der Waals surface area (Å²) in [5.74, 6) is 0. The third kappa shape index (κ3) is 2.29. The Kier molecular flexibility index (Phi) is 3.23. The first-order valence-electron chi connectivity index (χ1n) is 7.70. The van der Waals surface area contributed by atoms with Crippen LogP contribution in [0, 0.1) is 0 Å². The van der Waals surface area contributed by atoms with E-state index in [1.54, 1.807) is 30.3 Å². The second kappa shape index (κ2) is 5.19. The van der Waals surface area contributed by atoms with Crippen molar-refractivity contribution in [2.75, 3.05) is 5.73 Å². The van der Waals surface area contributed by atoms with Gasteiger partial charge in [-0.3, -0.25) is 0 Å². The van der Waals surface area contributed by atoms with Gasteiger partial charge in [0.1, 0.15) is 0 Å². The van der Waals surface area contributed by atoms with Crippen LogP contribution < -0.4 is 5.73 Å². The van der Waals surface area contributed by atoms with Crippen molar-refractivity contribution in [3.63, 3.8) is 0 Å². The molecular formula is C18H14F3N3. The smallest absolute Gasteiger partial charge is 0.398 e. The van der Waals surface area contributed by atoms with Crippen molar-refractivity contribution in [1.82, 2.24) is 9.97 Å². The number of hydrogen-bond donors (Lipinski definition) is 1. The third-order valence-electron chi connectivity index (χ3n) is 4.40. The number of hydrogen-bond acceptors (Lipinski definition) is 3. The summed E-state index contributed by atoms with van der Waals surface area (Å²) in [6, 6.07) is 9.85. The highest BCUT2D eigenvalue weighted by molar-refractivity contribution is 5.95. The summed E-state index contributed by atoms with van der Waals surface area (Å²) < 4.78 is 40.9. The molecule has 2 aromatic heterocycles. The molecule has 0 saturated carbocycles. The molecule has 3 aromatic rings. The summed E-state index contributed by atoms with van der Waals surface area (Å²) in [5, 5.41) is -0.0807. The maximum absolute atomic E-state index is 13.6. The molecule has 2 N–H and O–H groups in total. The fourth-order valence-corrected chi connectivity index (χ4v) is 3.28. The van der Waals surface area contributed by atoms with Crippen LogP contribution in [-0.4, -0.2) is 9.97 Å². The Morgan fingerprint density at radius 1 is 1.00 bits per heavy atom. The van der Waals surface area contributed by atoms with Gasteiger partial charge in [0.05, 0.1) is 16.6 Å². The van der Waals surface area contributed by atoms with Crippen LogP contribution in [0.15, 0.2) is 36.4 Å². The lowest BCUT2D eigenvalue weighted by molar-refractivity contribution is -0.136. The zero-order valence-corrected chi connectivity index (χ0v) is 12.7. The van der Waals surface area contributed by atoms with Crippen molar-refractivity contribution in [3.8, 4) is 11.3 Å². The number of aromatic nitrogens is 2. The maximum Gasteiger partial charge on any atom is 0.417 e. The van der Waals surface area contributed by atoms with Crippen molar-refractivity contribution < 1.29 is 13.2 Å². The summed E-state index contributed by atoms with van der Waals surface area (Å²) in [6.45, 7) is 0. The summed E-state index contributed by atoms with van der Waals surface area (Å²) >= 11 is 0. The van der Waals surface area contributed by atoms with E-state index in [1.165, 1.54) is 0 Å². The number of nitrogen functional groups attached to an aromatic ring is 1. The Morgan fingerprint density at radius 2 is 1.75 bits per heavy atom. The number of anilines is 1. The van der Waals surface area contributed by atoms with Gasteiger partial charge in [0.15, 0.2) is 5.65 Å². The fraction of sp³-hybridized carbons (Fsp3) is 0.222. The van der Waals surface area contributed by atoms with Crippen LogP contribution in [0.3, 0.4) is 0 Å². The highest BCUT2D eigenvalue weighted by Crippen LogP contribution is 2.41. The van der Waals surface area contributed by atoms with Crippen molar-refractivity contribution in [1.29, 1.82) is 0 Å². The van der Waals surface area contributed by atoms with E-state index in [2.05, 4.69) is 9.97 Å². The quantitative estimate of drug-likeness (QED) is 0.720. The van der Waals surface area contributed by atoms with Crippen LogP contribution >= 0.6 is 0 Å². The van der Waals surface area contributed by atoms with Gasteiger partial charge >= 0.3 is 6.18 Å². The molecule has 24 heavy (non-hydrogen) atoms. The average Bonchev–Trinajstić information content (AvgIpc) is 3.02. The van der Waals surface area contributed by atoms with Crippen LogP contribution in [0.25, 0.3) is 22.3 Å². The van der Waals surface area contributed by atoms with Gasteiger partial charge in [-0.05, 0) is 30.9 Å². The zero-order chi connectivity index (χ0) is 16.9. The minimum atomic E-state index is -4.52. The van der Waals surface area contributed by atoms with Crippen molar-refractivity contribution in [3.05, 3.63) is 53.2 Å². The molecule has 6 heteroatoms. The normalized spacial score (nSPS) is 14.1. The first kappa shape index (κ1) is 14.9. The van der Waals surface area contributed by atoms with E-state index in [1.807, 2.05) is 0 Å². The van der Waals surface area contributed by atoms with Crippen molar-refractivity contribution in [2.45, 2.75) is 25.4 Å². The van der Waals surface area contributed by atoms with Crippen molar-refractivity contribution in [2.24, 2.45) is 0 Å². The molecule has 0 saturated heterocycles. The molecule has 1 aromatic carbocycles. The number of aryl methyl sites for hydroxylation is 1. The topological polar surface area (TPSA) is 51.8 Å². The monoisotopic (exact) mass is 329 g/mol. The number of fused-ring (bicyclic) bond motifs is 2. The van der Waals surface area contributed by atoms with E-state index in [4.69, 9.17) is 5.73 Å². The average molecular weight is 329 g/mol. The summed E-state index contributed by atoms with van der Waals surface area (Å²) in [7, 11) is 0. The maximum atomic E-state index is 13.6. The number of nitrogens with two attached hydrogens (primary N) is 1. The van der Waals surface area contributed by atoms with Crippen LogP contribution in [0.4, 0.5) is 18.9 Å².